The van der Waals surface area contributed by atoms with Crippen LogP contribution in [0.3, 0.4) is 0 Å². The van der Waals surface area contributed by atoms with Crippen LogP contribution in [0, 0.1) is 13.8 Å². The molecule has 21 heavy (non-hydrogen) atoms. The van der Waals surface area contributed by atoms with E-state index >= 15 is 0 Å². The van der Waals surface area contributed by atoms with Crippen molar-refractivity contribution >= 4 is 28.3 Å². The van der Waals surface area contributed by atoms with Crippen molar-refractivity contribution in [2.45, 2.75) is 13.8 Å². The lowest BCUT2D eigenvalue weighted by Gasteiger charge is -2.09. The second-order valence-corrected chi connectivity index (χ2v) is 5.31. The van der Waals surface area contributed by atoms with E-state index in [-0.39, 0.29) is 23.3 Å². The highest BCUT2D eigenvalue weighted by Gasteiger charge is 2.11. The van der Waals surface area contributed by atoms with Crippen LogP contribution in [-0.4, -0.2) is 28.6 Å². The minimum absolute atomic E-state index is 0.0919. The molecule has 7 heteroatoms. The zero-order valence-electron chi connectivity index (χ0n) is 11.5. The maximum absolute atomic E-state index is 11.7. The van der Waals surface area contributed by atoms with Crippen molar-refractivity contribution in [3.63, 3.8) is 0 Å². The van der Waals surface area contributed by atoms with Gasteiger partial charge in [0.2, 0.25) is 0 Å². The normalized spacial score (nSPS) is 10.2. The molecule has 1 amide bonds. The number of carboxylic acids is 1. The lowest BCUT2D eigenvalue weighted by Crippen LogP contribution is -2.20. The largest absolute Gasteiger partial charge is 0.483 e. The van der Waals surface area contributed by atoms with Gasteiger partial charge in [0.1, 0.15) is 5.75 Å². The lowest BCUT2D eigenvalue weighted by molar-refractivity contribution is -0.118. The van der Waals surface area contributed by atoms with Gasteiger partial charge in [-0.05, 0) is 31.0 Å². The van der Waals surface area contributed by atoms with Crippen LogP contribution >= 0.6 is 11.3 Å². The molecule has 0 bridgehead atoms. The molecule has 0 atom stereocenters. The Morgan fingerprint density at radius 1 is 1.38 bits per heavy atom. The zero-order chi connectivity index (χ0) is 15.4. The third kappa shape index (κ3) is 4.03. The average Bonchev–Trinajstić information content (AvgIpc) is 2.88. The minimum atomic E-state index is -1.13. The van der Waals surface area contributed by atoms with Crippen molar-refractivity contribution in [3.8, 4) is 5.75 Å². The van der Waals surface area contributed by atoms with Gasteiger partial charge in [0.05, 0.1) is 0 Å². The van der Waals surface area contributed by atoms with Crippen molar-refractivity contribution in [2.24, 2.45) is 0 Å². The van der Waals surface area contributed by atoms with Gasteiger partial charge in [0, 0.05) is 5.38 Å². The Kier molecular flexibility index (Phi) is 4.54. The monoisotopic (exact) mass is 306 g/mol. The number of nitrogens with one attached hydrogen (secondary N) is 1. The Bertz CT molecular complexity index is 681. The summed E-state index contributed by atoms with van der Waals surface area (Å²) in [5.41, 5.74) is 1.89. The summed E-state index contributed by atoms with van der Waals surface area (Å²) >= 11 is 1.05. The first-order valence-corrected chi connectivity index (χ1v) is 7.02. The van der Waals surface area contributed by atoms with E-state index in [0.29, 0.717) is 5.75 Å². The first-order chi connectivity index (χ1) is 9.95. The van der Waals surface area contributed by atoms with E-state index in [2.05, 4.69) is 10.3 Å². The lowest BCUT2D eigenvalue weighted by atomic mass is 10.1. The van der Waals surface area contributed by atoms with Gasteiger partial charge in [-0.2, -0.15) is 0 Å². The molecule has 0 aliphatic carbocycles. The fourth-order valence-corrected chi connectivity index (χ4v) is 2.29. The molecule has 0 unspecified atom stereocenters. The average molecular weight is 306 g/mol. The van der Waals surface area contributed by atoms with Gasteiger partial charge in [-0.3, -0.25) is 10.1 Å². The molecule has 2 rings (SSSR count). The van der Waals surface area contributed by atoms with Crippen LogP contribution in [-0.2, 0) is 4.79 Å². The van der Waals surface area contributed by atoms with Crippen LogP contribution in [0.4, 0.5) is 5.13 Å². The first-order valence-electron chi connectivity index (χ1n) is 6.14. The number of anilines is 1. The van der Waals surface area contributed by atoms with Crippen molar-refractivity contribution in [1.29, 1.82) is 0 Å². The second kappa shape index (κ2) is 6.36. The summed E-state index contributed by atoms with van der Waals surface area (Å²) in [5, 5.41) is 12.9. The summed E-state index contributed by atoms with van der Waals surface area (Å²) < 4.78 is 5.45. The molecule has 0 spiro atoms. The number of aryl methyl sites for hydroxylation is 2. The van der Waals surface area contributed by atoms with Crippen LogP contribution < -0.4 is 10.1 Å². The molecule has 1 aromatic carbocycles. The van der Waals surface area contributed by atoms with Crippen molar-refractivity contribution in [3.05, 3.63) is 40.4 Å². The number of rotatable bonds is 5. The third-order valence-corrected chi connectivity index (χ3v) is 3.43. The van der Waals surface area contributed by atoms with Gasteiger partial charge in [-0.15, -0.1) is 11.3 Å². The van der Waals surface area contributed by atoms with Gasteiger partial charge in [-0.25, -0.2) is 9.78 Å². The maximum atomic E-state index is 11.7. The van der Waals surface area contributed by atoms with E-state index in [4.69, 9.17) is 9.84 Å². The summed E-state index contributed by atoms with van der Waals surface area (Å²) in [5.74, 6) is -0.865. The number of aromatic nitrogens is 1. The summed E-state index contributed by atoms with van der Waals surface area (Å²) in [6.07, 6.45) is 0. The molecule has 1 heterocycles. The highest BCUT2D eigenvalue weighted by Crippen LogP contribution is 2.19. The number of thiazole rings is 1. The second-order valence-electron chi connectivity index (χ2n) is 4.45. The van der Waals surface area contributed by atoms with Crippen LogP contribution in [0.2, 0.25) is 0 Å². The molecule has 2 N–H and O–H groups in total. The highest BCUT2D eigenvalue weighted by atomic mass is 32.1. The van der Waals surface area contributed by atoms with Gasteiger partial charge in [0.25, 0.3) is 5.91 Å². The molecule has 0 saturated heterocycles. The number of hydrogen-bond acceptors (Lipinski definition) is 5. The zero-order valence-corrected chi connectivity index (χ0v) is 12.4. The molecular weight excluding hydrogens is 292 g/mol. The molecule has 0 aliphatic heterocycles. The Labute approximate surface area is 125 Å². The Hall–Kier alpha value is -2.41. The smallest absolute Gasteiger partial charge is 0.355 e. The molecular formula is C14H14N2O4S. The third-order valence-electron chi connectivity index (χ3n) is 2.67. The fraction of sp³-hybridized carbons (Fsp3) is 0.214. The molecule has 110 valence electrons. The number of carbonyl (C=O) groups is 2. The van der Waals surface area contributed by atoms with Crippen LogP contribution in [0.1, 0.15) is 21.6 Å². The van der Waals surface area contributed by atoms with Crippen LogP contribution in [0.5, 0.6) is 5.75 Å². The molecule has 0 fully saturated rings. The van der Waals surface area contributed by atoms with E-state index in [1.54, 1.807) is 0 Å². The summed E-state index contributed by atoms with van der Waals surface area (Å²) in [6, 6.07) is 5.74. The Balaban J connectivity index is 1.92. The van der Waals surface area contributed by atoms with Crippen LogP contribution in [0.25, 0.3) is 0 Å². The number of aromatic carboxylic acids is 1. The number of hydrogen-bond donors (Lipinski definition) is 2. The number of carboxylic acid groups (broad SMARTS) is 1. The predicted molar refractivity (Wildman–Crippen MR) is 79.1 cm³/mol. The van der Waals surface area contributed by atoms with Gasteiger partial charge in [0.15, 0.2) is 17.4 Å². The predicted octanol–water partition coefficient (Wildman–Crippen LogP) is 2.48. The first kappa shape index (κ1) is 15.0. The van der Waals surface area contributed by atoms with Crippen molar-refractivity contribution in [2.75, 3.05) is 11.9 Å². The highest BCUT2D eigenvalue weighted by molar-refractivity contribution is 7.14. The minimum Gasteiger partial charge on any atom is -0.483 e. The summed E-state index contributed by atoms with van der Waals surface area (Å²) in [6.45, 7) is 3.67. The number of benzene rings is 1. The van der Waals surface area contributed by atoms with Gasteiger partial charge in [-0.1, -0.05) is 12.1 Å². The SMILES string of the molecule is Cc1ccc(C)c(OCC(=O)Nc2nc(C(=O)O)cs2)c1. The Morgan fingerprint density at radius 3 is 2.81 bits per heavy atom. The maximum Gasteiger partial charge on any atom is 0.355 e. The van der Waals surface area contributed by atoms with Crippen molar-refractivity contribution < 1.29 is 19.4 Å². The van der Waals surface area contributed by atoms with E-state index < -0.39 is 5.97 Å². The molecule has 0 radical (unpaired) electrons. The molecule has 1 aromatic heterocycles. The molecule has 0 saturated carbocycles. The summed E-state index contributed by atoms with van der Waals surface area (Å²) in [7, 11) is 0. The Morgan fingerprint density at radius 2 is 2.14 bits per heavy atom. The number of amides is 1. The quantitative estimate of drug-likeness (QED) is 0.886. The van der Waals surface area contributed by atoms with E-state index in [0.717, 1.165) is 22.5 Å². The van der Waals surface area contributed by atoms with E-state index in [1.807, 2.05) is 32.0 Å². The van der Waals surface area contributed by atoms with Crippen molar-refractivity contribution in [1.82, 2.24) is 4.98 Å². The molecule has 0 aliphatic rings. The molecule has 2 aromatic rings. The van der Waals surface area contributed by atoms with Gasteiger partial charge >= 0.3 is 5.97 Å². The number of nitrogens with zero attached hydrogens (tertiary/aromatic N) is 1. The molecule has 6 nitrogen and oxygen atoms in total. The topological polar surface area (TPSA) is 88.5 Å². The summed E-state index contributed by atoms with van der Waals surface area (Å²) in [4.78, 5) is 26.2. The number of ether oxygens (including phenoxy) is 1. The van der Waals surface area contributed by atoms with Crippen LogP contribution in [0.15, 0.2) is 23.6 Å². The number of carbonyl (C=O) groups excluding carboxylic acids is 1. The standard InChI is InChI=1S/C14H14N2O4S/c1-8-3-4-9(2)11(5-8)20-6-12(17)16-14-15-10(7-21-14)13(18)19/h3-5,7H,6H2,1-2H3,(H,18,19)(H,15,16,17). The van der Waals surface area contributed by atoms with E-state index in [9.17, 15) is 9.59 Å². The van der Waals surface area contributed by atoms with Gasteiger partial charge < -0.3 is 9.84 Å². The fourth-order valence-electron chi connectivity index (χ4n) is 1.59. The van der Waals surface area contributed by atoms with E-state index in [1.165, 1.54) is 5.38 Å².